The number of rotatable bonds is 0. The minimum atomic E-state index is -1.88. The SMILES string of the molecule is Cn1cc[n+](C)c1.[Cl][In-]([I])([I])[I]. The van der Waals surface area contributed by atoms with Crippen LogP contribution in [0.25, 0.3) is 0 Å². The number of nitrogens with zero attached hydrogens (tertiary/aromatic N) is 2. The second-order valence-electron chi connectivity index (χ2n) is 2.24. The number of hydrogen-bond donors (Lipinski definition) is 0. The summed E-state index contributed by atoms with van der Waals surface area (Å²) in [6.07, 6.45) is 4.12. The topological polar surface area (TPSA) is 8.81 Å². The standard InChI is InChI=1S/C5H9N2.ClH.3HI.In/c1-6-3-4-7(2)5-6;;;;;/h3-5H,1-2H3;4*1H;/q+1;;;;;+3/p-4. The Morgan fingerprint density at radius 2 is 1.83 bits per heavy atom. The van der Waals surface area contributed by atoms with Crippen LogP contribution in [0.5, 0.6) is 0 Å². The molecule has 1 aromatic heterocycles. The van der Waals surface area contributed by atoms with Gasteiger partial charge in [-0.15, -0.1) is 0 Å². The van der Waals surface area contributed by atoms with Crippen LogP contribution in [-0.4, -0.2) is 10.9 Å². The third kappa shape index (κ3) is 12.6. The molecule has 0 fully saturated rings. The van der Waals surface area contributed by atoms with E-state index in [-0.39, 0.29) is 0 Å². The second kappa shape index (κ2) is 6.94. The van der Waals surface area contributed by atoms with Gasteiger partial charge in [0.25, 0.3) is 0 Å². The average molecular weight is 628 g/mol. The molecule has 1 aromatic rings. The molecule has 0 N–H and O–H groups in total. The van der Waals surface area contributed by atoms with E-state index >= 15 is 0 Å². The molecule has 0 radical (unpaired) electrons. The number of imidazole rings is 1. The summed E-state index contributed by atoms with van der Waals surface area (Å²) in [6, 6.07) is 0. The molecule has 0 saturated heterocycles. The van der Waals surface area contributed by atoms with Crippen molar-refractivity contribution in [1.82, 2.24) is 4.57 Å². The number of hydrogen-bond acceptors (Lipinski definition) is 0. The predicted octanol–water partition coefficient (Wildman–Crippen LogP) is 2.82. The van der Waals surface area contributed by atoms with E-state index in [1.807, 2.05) is 42.0 Å². The fraction of sp³-hybridized carbons (Fsp3) is 0.400. The minimum absolute atomic E-state index is 1.88. The Hall–Kier alpha value is 2.56. The number of halogens is 4. The van der Waals surface area contributed by atoms with Crippen molar-refractivity contribution in [1.29, 1.82) is 0 Å². The van der Waals surface area contributed by atoms with E-state index in [0.717, 1.165) is 0 Å². The molecule has 12 heavy (non-hydrogen) atoms. The summed E-state index contributed by atoms with van der Waals surface area (Å²) in [5.74, 6) is 0. The van der Waals surface area contributed by atoms with Crippen molar-refractivity contribution in [3.63, 3.8) is 0 Å². The van der Waals surface area contributed by atoms with Gasteiger partial charge in [-0.1, -0.05) is 0 Å². The molecule has 0 aromatic carbocycles. The third-order valence-electron chi connectivity index (χ3n) is 0.901. The van der Waals surface area contributed by atoms with Crippen LogP contribution in [0, 0.1) is 0 Å². The van der Waals surface area contributed by atoms with Gasteiger partial charge in [-0.3, -0.25) is 0 Å². The monoisotopic (exact) mass is 628 g/mol. The molecule has 70 valence electrons. The van der Waals surface area contributed by atoms with Crippen LogP contribution in [0.1, 0.15) is 0 Å². The zero-order valence-corrected chi connectivity index (χ0v) is 17.2. The fourth-order valence-corrected chi connectivity index (χ4v) is 0.575. The van der Waals surface area contributed by atoms with Crippen molar-refractivity contribution in [3.05, 3.63) is 18.7 Å². The molecule has 1 heterocycles. The van der Waals surface area contributed by atoms with Crippen LogP contribution in [0.15, 0.2) is 18.7 Å². The molecule has 0 amide bonds. The molecule has 0 spiro atoms. The Morgan fingerprint density at radius 3 is 1.92 bits per heavy atom. The maximum absolute atomic E-state index is 5.71. The zero-order valence-electron chi connectivity index (χ0n) is 6.72. The van der Waals surface area contributed by atoms with E-state index in [0.29, 0.717) is 0 Å². The van der Waals surface area contributed by atoms with Crippen molar-refractivity contribution in [2.45, 2.75) is 0 Å². The first-order valence-corrected chi connectivity index (χ1v) is 36.1. The molecule has 0 aliphatic carbocycles. The summed E-state index contributed by atoms with van der Waals surface area (Å²) in [7, 11) is 9.71. The van der Waals surface area contributed by atoms with Crippen molar-refractivity contribution >= 4 is 69.3 Å². The van der Waals surface area contributed by atoms with Crippen molar-refractivity contribution in [3.8, 4) is 0 Å². The van der Waals surface area contributed by atoms with Crippen molar-refractivity contribution in [2.75, 3.05) is 0 Å². The summed E-state index contributed by atoms with van der Waals surface area (Å²) >= 11 is 7.01. The number of aromatic nitrogens is 2. The Morgan fingerprint density at radius 1 is 1.42 bits per heavy atom. The van der Waals surface area contributed by atoms with Gasteiger partial charge < -0.3 is 0 Å². The van der Waals surface area contributed by atoms with Crippen LogP contribution < -0.4 is 4.57 Å². The van der Waals surface area contributed by atoms with Gasteiger partial charge in [0.15, 0.2) is 0 Å². The van der Waals surface area contributed by atoms with Gasteiger partial charge >= 0.3 is 69.3 Å². The molecule has 7 heteroatoms. The van der Waals surface area contributed by atoms with Crippen molar-refractivity contribution < 1.29 is 4.57 Å². The molecular weight excluding hydrogens is 619 g/mol. The average Bonchev–Trinajstić information content (AvgIpc) is 2.09. The van der Waals surface area contributed by atoms with Gasteiger partial charge in [0.2, 0.25) is 6.33 Å². The molecule has 0 unspecified atom stereocenters. The Kier molecular flexibility index (Phi) is 8.42. The first-order chi connectivity index (χ1) is 5.29. The van der Waals surface area contributed by atoms with Gasteiger partial charge in [-0.2, -0.15) is 0 Å². The summed E-state index contributed by atoms with van der Waals surface area (Å²) in [6.45, 7) is 0. The van der Waals surface area contributed by atoms with Gasteiger partial charge in [-0.25, -0.2) is 9.13 Å². The Balaban J connectivity index is 0.000000217. The summed E-state index contributed by atoms with van der Waals surface area (Å²) in [4.78, 5) is 0. The van der Waals surface area contributed by atoms with Crippen LogP contribution in [0.3, 0.4) is 0 Å². The molecule has 0 atom stereocenters. The van der Waals surface area contributed by atoms with Crippen LogP contribution in [0.2, 0.25) is 0 Å². The fourth-order valence-electron chi connectivity index (χ4n) is 0.575. The molecule has 0 bridgehead atoms. The van der Waals surface area contributed by atoms with Gasteiger partial charge in [0, 0.05) is 0 Å². The Bertz CT molecular complexity index is 212. The zero-order chi connectivity index (χ0) is 9.78. The van der Waals surface area contributed by atoms with Crippen LogP contribution >= 0.6 is 63.0 Å². The van der Waals surface area contributed by atoms with Crippen molar-refractivity contribution in [2.24, 2.45) is 14.1 Å². The molecule has 0 saturated carbocycles. The second-order valence-corrected chi connectivity index (χ2v) is 110. The molecule has 2 nitrogen and oxygen atoms in total. The first-order valence-electron chi connectivity index (χ1n) is 3.13. The van der Waals surface area contributed by atoms with Gasteiger partial charge in [0.1, 0.15) is 12.4 Å². The number of aryl methyl sites for hydroxylation is 2. The predicted molar refractivity (Wildman–Crippen MR) is 80.3 cm³/mol. The molecule has 1 rings (SSSR count). The summed E-state index contributed by atoms with van der Waals surface area (Å²) < 4.78 is 4.00. The van der Waals surface area contributed by atoms with Gasteiger partial charge in [-0.05, 0) is 0 Å². The molecule has 0 aliphatic heterocycles. The maximum atomic E-state index is 5.71. The van der Waals surface area contributed by atoms with Crippen LogP contribution in [-0.2, 0) is 14.1 Å². The van der Waals surface area contributed by atoms with Crippen LogP contribution in [0.4, 0.5) is 0 Å². The van der Waals surface area contributed by atoms with E-state index in [4.69, 9.17) is 8.58 Å². The van der Waals surface area contributed by atoms with E-state index in [1.54, 1.807) is 0 Å². The normalized spacial score (nSPS) is 10.5. The summed E-state index contributed by atoms with van der Waals surface area (Å²) in [5.41, 5.74) is 0. The molecule has 0 aliphatic rings. The first kappa shape index (κ1) is 14.6. The van der Waals surface area contributed by atoms with E-state index in [1.165, 1.54) is 0 Å². The summed E-state index contributed by atoms with van der Waals surface area (Å²) in [5, 5.41) is 0. The van der Waals surface area contributed by atoms with E-state index < -0.39 is 6.32 Å². The quantitative estimate of drug-likeness (QED) is 0.309. The van der Waals surface area contributed by atoms with E-state index in [2.05, 4.69) is 54.4 Å². The molecular formula is C5H9ClI3InN2. The Labute approximate surface area is 109 Å². The van der Waals surface area contributed by atoms with E-state index in [9.17, 15) is 0 Å². The third-order valence-corrected chi connectivity index (χ3v) is 0.901. The van der Waals surface area contributed by atoms with Gasteiger partial charge in [0.05, 0.1) is 14.1 Å².